The van der Waals surface area contributed by atoms with Crippen LogP contribution in [0, 0.1) is 12.8 Å². The van der Waals surface area contributed by atoms with E-state index < -0.39 is 24.1 Å². The highest BCUT2D eigenvalue weighted by atomic mass is 16.5. The van der Waals surface area contributed by atoms with Gasteiger partial charge in [-0.05, 0) is 50.3 Å². The summed E-state index contributed by atoms with van der Waals surface area (Å²) in [6.07, 6.45) is 1.97. The van der Waals surface area contributed by atoms with Gasteiger partial charge in [0.2, 0.25) is 0 Å². The number of aromatic nitrogens is 3. The van der Waals surface area contributed by atoms with Gasteiger partial charge in [-0.1, -0.05) is 0 Å². The first-order chi connectivity index (χ1) is 17.4. The quantitative estimate of drug-likeness (QED) is 0.391. The Morgan fingerprint density at radius 3 is 2.75 bits per heavy atom. The van der Waals surface area contributed by atoms with Gasteiger partial charge in [-0.15, -0.1) is 0 Å². The van der Waals surface area contributed by atoms with E-state index in [9.17, 15) is 14.7 Å². The van der Waals surface area contributed by atoms with E-state index in [1.54, 1.807) is 14.0 Å². The average Bonchev–Trinajstić information content (AvgIpc) is 3.63. The second-order valence-electron chi connectivity index (χ2n) is 9.35. The summed E-state index contributed by atoms with van der Waals surface area (Å²) in [6, 6.07) is 4.98. The van der Waals surface area contributed by atoms with Gasteiger partial charge < -0.3 is 34.9 Å². The predicted octanol–water partition coefficient (Wildman–Crippen LogP) is 2.57. The van der Waals surface area contributed by atoms with Crippen molar-refractivity contribution in [3.05, 3.63) is 35.8 Å². The standard InChI is InChI=1S/C25H29N5O6/c1-13-20(24(32)29-17-7-8-30(25(33)34)10-18(17)31)22-23(28-13)21(26-12-27-22)16-9-15(35-2)5-6-19(16)36-11-14-3-4-14/h5-6,9,12,14,17-18,28,31H,3-4,7-8,10-11H2,1-2H3,(H,29,32)(H,33,34). The molecule has 36 heavy (non-hydrogen) atoms. The fourth-order valence-electron chi connectivity index (χ4n) is 4.56. The summed E-state index contributed by atoms with van der Waals surface area (Å²) in [6.45, 7) is 2.59. The molecule has 1 aliphatic heterocycles. The van der Waals surface area contributed by atoms with E-state index in [2.05, 4.69) is 20.3 Å². The van der Waals surface area contributed by atoms with Gasteiger partial charge in [-0.2, -0.15) is 0 Å². The number of amides is 2. The van der Waals surface area contributed by atoms with Crippen molar-refractivity contribution >= 4 is 23.0 Å². The van der Waals surface area contributed by atoms with Gasteiger partial charge in [0.1, 0.15) is 29.0 Å². The van der Waals surface area contributed by atoms with Crippen molar-refractivity contribution in [3.63, 3.8) is 0 Å². The minimum atomic E-state index is -1.09. The molecule has 2 unspecified atom stereocenters. The summed E-state index contributed by atoms with van der Waals surface area (Å²) >= 11 is 0. The Balaban J connectivity index is 1.46. The van der Waals surface area contributed by atoms with Crippen molar-refractivity contribution < 1.29 is 29.3 Å². The molecule has 3 aromatic rings. The Bertz CT molecular complexity index is 1300. The predicted molar refractivity (Wildman–Crippen MR) is 130 cm³/mol. The minimum Gasteiger partial charge on any atom is -0.497 e. The molecule has 190 valence electrons. The van der Waals surface area contributed by atoms with Crippen molar-refractivity contribution in [3.8, 4) is 22.8 Å². The van der Waals surface area contributed by atoms with Crippen molar-refractivity contribution in [2.75, 3.05) is 26.8 Å². The van der Waals surface area contributed by atoms with Crippen molar-refractivity contribution in [2.24, 2.45) is 5.92 Å². The molecule has 3 heterocycles. The zero-order valence-corrected chi connectivity index (χ0v) is 20.2. The number of likely N-dealkylation sites (tertiary alicyclic amines) is 1. The summed E-state index contributed by atoms with van der Waals surface area (Å²) < 4.78 is 11.5. The van der Waals surface area contributed by atoms with Crippen LogP contribution in [-0.4, -0.2) is 81.0 Å². The maximum atomic E-state index is 13.3. The van der Waals surface area contributed by atoms with Crippen LogP contribution in [0.3, 0.4) is 0 Å². The molecule has 1 aliphatic carbocycles. The van der Waals surface area contributed by atoms with Gasteiger partial charge in [0.15, 0.2) is 0 Å². The molecule has 2 aromatic heterocycles. The number of aromatic amines is 1. The Morgan fingerprint density at radius 1 is 1.25 bits per heavy atom. The lowest BCUT2D eigenvalue weighted by Crippen LogP contribution is -2.55. The Labute approximate surface area is 207 Å². The van der Waals surface area contributed by atoms with Crippen LogP contribution in [-0.2, 0) is 0 Å². The zero-order chi connectivity index (χ0) is 25.4. The van der Waals surface area contributed by atoms with E-state index in [4.69, 9.17) is 14.6 Å². The smallest absolute Gasteiger partial charge is 0.407 e. The number of piperidine rings is 1. The molecule has 5 rings (SSSR count). The monoisotopic (exact) mass is 495 g/mol. The number of β-amino-alcohol motifs (C(OH)–C–C–N with tert-alkyl or cyclic N) is 1. The third-order valence-corrected chi connectivity index (χ3v) is 6.78. The molecule has 1 saturated heterocycles. The second kappa shape index (κ2) is 9.65. The van der Waals surface area contributed by atoms with Gasteiger partial charge in [0.25, 0.3) is 5.91 Å². The summed E-state index contributed by atoms with van der Waals surface area (Å²) in [7, 11) is 1.59. The lowest BCUT2D eigenvalue weighted by Gasteiger charge is -2.34. The normalized spacial score (nSPS) is 19.8. The lowest BCUT2D eigenvalue weighted by atomic mass is 10.0. The van der Waals surface area contributed by atoms with Crippen molar-refractivity contribution in [1.82, 2.24) is 25.2 Å². The van der Waals surface area contributed by atoms with E-state index >= 15 is 0 Å². The molecule has 11 nitrogen and oxygen atoms in total. The van der Waals surface area contributed by atoms with Crippen LogP contribution in [0.25, 0.3) is 22.3 Å². The van der Waals surface area contributed by atoms with Crippen LogP contribution < -0.4 is 14.8 Å². The highest BCUT2D eigenvalue weighted by Crippen LogP contribution is 2.38. The number of nitrogens with zero attached hydrogens (tertiary/aromatic N) is 3. The molecule has 2 amide bonds. The van der Waals surface area contributed by atoms with Crippen LogP contribution in [0.2, 0.25) is 0 Å². The maximum Gasteiger partial charge on any atom is 0.407 e. The minimum absolute atomic E-state index is 0.0566. The van der Waals surface area contributed by atoms with Crippen LogP contribution in [0.4, 0.5) is 4.79 Å². The lowest BCUT2D eigenvalue weighted by molar-refractivity contribution is 0.0392. The number of rotatable bonds is 7. The molecule has 1 aromatic carbocycles. The van der Waals surface area contributed by atoms with Crippen LogP contribution in [0.15, 0.2) is 24.5 Å². The number of methoxy groups -OCH3 is 1. The van der Waals surface area contributed by atoms with Crippen molar-refractivity contribution in [1.29, 1.82) is 0 Å². The second-order valence-corrected chi connectivity index (χ2v) is 9.35. The molecule has 2 fully saturated rings. The number of aryl methyl sites for hydroxylation is 1. The molecule has 11 heteroatoms. The molecule has 2 aliphatic rings. The van der Waals surface area contributed by atoms with Gasteiger partial charge in [0.05, 0.1) is 43.5 Å². The number of carbonyl (C=O) groups is 2. The molecule has 4 N–H and O–H groups in total. The molecular weight excluding hydrogens is 466 g/mol. The number of carboxylic acid groups (broad SMARTS) is 1. The van der Waals surface area contributed by atoms with Gasteiger partial charge in [-0.3, -0.25) is 4.79 Å². The highest BCUT2D eigenvalue weighted by molar-refractivity contribution is 6.09. The molecule has 0 radical (unpaired) electrons. The summed E-state index contributed by atoms with van der Waals surface area (Å²) in [5.41, 5.74) is 3.30. The van der Waals surface area contributed by atoms with E-state index in [0.29, 0.717) is 58.4 Å². The van der Waals surface area contributed by atoms with Crippen LogP contribution in [0.5, 0.6) is 11.5 Å². The molecule has 0 bridgehead atoms. The third-order valence-electron chi connectivity index (χ3n) is 6.78. The maximum absolute atomic E-state index is 13.3. The van der Waals surface area contributed by atoms with E-state index in [1.165, 1.54) is 19.2 Å². The number of nitrogens with one attached hydrogen (secondary N) is 2. The first kappa shape index (κ1) is 23.9. The van der Waals surface area contributed by atoms with E-state index in [1.807, 2.05) is 18.2 Å². The number of hydrogen-bond donors (Lipinski definition) is 4. The number of aliphatic hydroxyl groups excluding tert-OH is 1. The summed E-state index contributed by atoms with van der Waals surface area (Å²) in [5, 5.41) is 22.4. The topological polar surface area (TPSA) is 150 Å². The van der Waals surface area contributed by atoms with Crippen molar-refractivity contribution in [2.45, 2.75) is 38.3 Å². The SMILES string of the molecule is COc1ccc(OCC2CC2)c(-c2ncnc3c(C(=O)NC4CCN(C(=O)O)CC4O)c(C)[nH]c23)c1. The van der Waals surface area contributed by atoms with Gasteiger partial charge in [-0.25, -0.2) is 14.8 Å². The number of ether oxygens (including phenoxy) is 2. The Kier molecular flexibility index (Phi) is 6.40. The zero-order valence-electron chi connectivity index (χ0n) is 20.2. The molecule has 1 saturated carbocycles. The summed E-state index contributed by atoms with van der Waals surface area (Å²) in [4.78, 5) is 37.8. The number of carbonyl (C=O) groups excluding carboxylic acids is 1. The number of aliphatic hydroxyl groups is 1. The fraction of sp³-hybridized carbons (Fsp3) is 0.440. The van der Waals surface area contributed by atoms with Crippen LogP contribution in [0.1, 0.15) is 35.3 Å². The molecule has 0 spiro atoms. The number of fused-ring (bicyclic) bond motifs is 1. The van der Waals surface area contributed by atoms with Gasteiger partial charge in [0, 0.05) is 17.8 Å². The molecule has 2 atom stereocenters. The number of benzene rings is 1. The highest BCUT2D eigenvalue weighted by Gasteiger charge is 2.32. The van der Waals surface area contributed by atoms with E-state index in [0.717, 1.165) is 10.5 Å². The summed E-state index contributed by atoms with van der Waals surface area (Å²) in [5.74, 6) is 1.51. The number of hydrogen-bond acceptors (Lipinski definition) is 7. The first-order valence-corrected chi connectivity index (χ1v) is 12.0. The first-order valence-electron chi connectivity index (χ1n) is 12.0. The fourth-order valence-corrected chi connectivity index (χ4v) is 4.56. The van der Waals surface area contributed by atoms with E-state index in [-0.39, 0.29) is 13.1 Å². The average molecular weight is 496 g/mol. The Morgan fingerprint density at radius 2 is 2.06 bits per heavy atom. The Hall–Kier alpha value is -3.86. The van der Waals surface area contributed by atoms with Crippen LogP contribution >= 0.6 is 0 Å². The van der Waals surface area contributed by atoms with Gasteiger partial charge >= 0.3 is 6.09 Å². The molecular formula is C25H29N5O6. The largest absolute Gasteiger partial charge is 0.497 e. The third kappa shape index (κ3) is 4.66. The number of H-pyrrole nitrogens is 1.